The minimum Gasteiger partial charge on any atom is -0.329 e. The molecule has 1 aliphatic rings. The summed E-state index contributed by atoms with van der Waals surface area (Å²) in [6.45, 7) is 9.24. The van der Waals surface area contributed by atoms with Crippen molar-refractivity contribution in [1.82, 2.24) is 9.80 Å². The quantitative estimate of drug-likeness (QED) is 0.658. The predicted octanol–water partition coefficient (Wildman–Crippen LogP) is 1.78. The van der Waals surface area contributed by atoms with Crippen LogP contribution < -0.4 is 5.73 Å². The lowest BCUT2D eigenvalue weighted by atomic mass is 9.96. The fourth-order valence-electron chi connectivity index (χ4n) is 2.74. The first-order chi connectivity index (χ1) is 8.26. The van der Waals surface area contributed by atoms with Crippen molar-refractivity contribution in [1.29, 1.82) is 0 Å². The van der Waals surface area contributed by atoms with Crippen LogP contribution in [0.5, 0.6) is 0 Å². The zero-order valence-corrected chi connectivity index (χ0v) is 11.8. The van der Waals surface area contributed by atoms with Gasteiger partial charge < -0.3 is 15.5 Å². The van der Waals surface area contributed by atoms with Crippen molar-refractivity contribution in [3.8, 4) is 0 Å². The Morgan fingerprint density at radius 2 is 1.94 bits per heavy atom. The lowest BCUT2D eigenvalue weighted by Gasteiger charge is -2.33. The smallest absolute Gasteiger partial charge is 0.0105 e. The van der Waals surface area contributed by atoms with E-state index >= 15 is 0 Å². The summed E-state index contributed by atoms with van der Waals surface area (Å²) in [6.07, 6.45) is 6.78. The van der Waals surface area contributed by atoms with Gasteiger partial charge in [-0.05, 0) is 51.9 Å². The van der Waals surface area contributed by atoms with Gasteiger partial charge in [0.25, 0.3) is 0 Å². The lowest BCUT2D eigenvalue weighted by Crippen LogP contribution is -2.40. The van der Waals surface area contributed by atoms with Crippen LogP contribution in [0, 0.1) is 5.92 Å². The average molecular weight is 241 g/mol. The fraction of sp³-hybridized carbons (Fsp3) is 1.00. The first-order valence-electron chi connectivity index (χ1n) is 7.37. The van der Waals surface area contributed by atoms with Crippen molar-refractivity contribution in [3.05, 3.63) is 0 Å². The molecule has 0 atom stereocenters. The van der Waals surface area contributed by atoms with Gasteiger partial charge in [-0.1, -0.05) is 19.8 Å². The van der Waals surface area contributed by atoms with Gasteiger partial charge in [0.2, 0.25) is 0 Å². The van der Waals surface area contributed by atoms with E-state index in [4.69, 9.17) is 5.73 Å². The van der Waals surface area contributed by atoms with Crippen LogP contribution in [0.3, 0.4) is 0 Å². The molecule has 0 spiro atoms. The third-order valence-electron chi connectivity index (χ3n) is 3.87. The van der Waals surface area contributed by atoms with Crippen molar-refractivity contribution in [3.63, 3.8) is 0 Å². The second-order valence-electron chi connectivity index (χ2n) is 5.54. The maximum Gasteiger partial charge on any atom is 0.0105 e. The van der Waals surface area contributed by atoms with Crippen LogP contribution in [0.1, 0.15) is 39.0 Å². The number of nitrogens with two attached hydrogens (primary N) is 1. The molecule has 0 unspecified atom stereocenters. The first-order valence-corrected chi connectivity index (χ1v) is 7.37. The summed E-state index contributed by atoms with van der Waals surface area (Å²) >= 11 is 0. The molecule has 3 nitrogen and oxygen atoms in total. The standard InChI is InChI=1S/C14H31N3/c1-3-4-5-9-16(2)13-14-6-10-17(11-7-14)12-8-15/h14H,3-13,15H2,1-2H3. The molecule has 0 aliphatic carbocycles. The van der Waals surface area contributed by atoms with Gasteiger partial charge in [-0.15, -0.1) is 0 Å². The van der Waals surface area contributed by atoms with Gasteiger partial charge in [-0.25, -0.2) is 0 Å². The summed E-state index contributed by atoms with van der Waals surface area (Å²) in [6, 6.07) is 0. The van der Waals surface area contributed by atoms with Crippen LogP contribution in [0.2, 0.25) is 0 Å². The van der Waals surface area contributed by atoms with Gasteiger partial charge in [0, 0.05) is 19.6 Å². The van der Waals surface area contributed by atoms with Crippen LogP contribution in [0.25, 0.3) is 0 Å². The number of hydrogen-bond acceptors (Lipinski definition) is 3. The molecule has 2 N–H and O–H groups in total. The highest BCUT2D eigenvalue weighted by Gasteiger charge is 2.19. The average Bonchev–Trinajstić information content (AvgIpc) is 2.32. The second kappa shape index (κ2) is 8.90. The molecule has 1 rings (SSSR count). The van der Waals surface area contributed by atoms with E-state index in [2.05, 4.69) is 23.8 Å². The zero-order valence-electron chi connectivity index (χ0n) is 11.8. The number of likely N-dealkylation sites (tertiary alicyclic amines) is 1. The second-order valence-corrected chi connectivity index (χ2v) is 5.54. The van der Waals surface area contributed by atoms with E-state index in [0.29, 0.717) is 0 Å². The van der Waals surface area contributed by atoms with Crippen molar-refractivity contribution >= 4 is 0 Å². The van der Waals surface area contributed by atoms with Crippen molar-refractivity contribution in [2.75, 3.05) is 46.3 Å². The molecular weight excluding hydrogens is 210 g/mol. The van der Waals surface area contributed by atoms with Crippen molar-refractivity contribution in [2.24, 2.45) is 11.7 Å². The molecule has 3 heteroatoms. The summed E-state index contributed by atoms with van der Waals surface area (Å²) in [4.78, 5) is 5.03. The third kappa shape index (κ3) is 6.39. The zero-order chi connectivity index (χ0) is 12.5. The number of piperidine rings is 1. The van der Waals surface area contributed by atoms with Crippen LogP contribution in [-0.2, 0) is 0 Å². The maximum atomic E-state index is 5.59. The van der Waals surface area contributed by atoms with Crippen molar-refractivity contribution < 1.29 is 0 Å². The molecule has 0 aromatic carbocycles. The predicted molar refractivity (Wildman–Crippen MR) is 75.2 cm³/mol. The summed E-state index contributed by atoms with van der Waals surface area (Å²) in [5.41, 5.74) is 5.59. The van der Waals surface area contributed by atoms with Crippen LogP contribution in [0.4, 0.5) is 0 Å². The number of hydrogen-bond donors (Lipinski definition) is 1. The Morgan fingerprint density at radius 3 is 2.53 bits per heavy atom. The molecule has 0 bridgehead atoms. The highest BCUT2D eigenvalue weighted by Crippen LogP contribution is 2.17. The maximum absolute atomic E-state index is 5.59. The topological polar surface area (TPSA) is 32.5 Å². The van der Waals surface area contributed by atoms with Crippen molar-refractivity contribution in [2.45, 2.75) is 39.0 Å². The third-order valence-corrected chi connectivity index (χ3v) is 3.87. The Morgan fingerprint density at radius 1 is 1.24 bits per heavy atom. The normalized spacial score (nSPS) is 19.1. The number of rotatable bonds is 8. The fourth-order valence-corrected chi connectivity index (χ4v) is 2.74. The molecule has 0 aromatic heterocycles. The summed E-state index contributed by atoms with van der Waals surface area (Å²) in [5, 5.41) is 0. The molecular formula is C14H31N3. The Kier molecular flexibility index (Phi) is 7.82. The highest BCUT2D eigenvalue weighted by molar-refractivity contribution is 4.74. The Hall–Kier alpha value is -0.120. The largest absolute Gasteiger partial charge is 0.329 e. The van der Waals surface area contributed by atoms with Gasteiger partial charge >= 0.3 is 0 Å². The molecule has 17 heavy (non-hydrogen) atoms. The van der Waals surface area contributed by atoms with E-state index in [1.807, 2.05) is 0 Å². The minimum atomic E-state index is 0.807. The first kappa shape index (κ1) is 14.9. The van der Waals surface area contributed by atoms with E-state index in [1.165, 1.54) is 58.3 Å². The SMILES string of the molecule is CCCCCN(C)CC1CCN(CCN)CC1. The monoisotopic (exact) mass is 241 g/mol. The molecule has 0 saturated carbocycles. The lowest BCUT2D eigenvalue weighted by molar-refractivity contribution is 0.156. The van der Waals surface area contributed by atoms with Gasteiger partial charge in [0.05, 0.1) is 0 Å². The van der Waals surface area contributed by atoms with Gasteiger partial charge in [0.1, 0.15) is 0 Å². The van der Waals surface area contributed by atoms with Gasteiger partial charge in [-0.3, -0.25) is 0 Å². The van der Waals surface area contributed by atoms with E-state index < -0.39 is 0 Å². The molecule has 0 radical (unpaired) electrons. The van der Waals surface area contributed by atoms with Crippen LogP contribution in [0.15, 0.2) is 0 Å². The van der Waals surface area contributed by atoms with Crippen LogP contribution in [-0.4, -0.2) is 56.1 Å². The van der Waals surface area contributed by atoms with E-state index in [9.17, 15) is 0 Å². The van der Waals surface area contributed by atoms with E-state index in [0.717, 1.165) is 19.0 Å². The summed E-state index contributed by atoms with van der Waals surface area (Å²) < 4.78 is 0. The summed E-state index contributed by atoms with van der Waals surface area (Å²) in [7, 11) is 2.28. The van der Waals surface area contributed by atoms with Crippen LogP contribution >= 0.6 is 0 Å². The Bertz CT molecular complexity index is 176. The van der Waals surface area contributed by atoms with E-state index in [1.54, 1.807) is 0 Å². The molecule has 0 amide bonds. The Labute approximate surface area is 107 Å². The molecule has 102 valence electrons. The number of nitrogens with zero attached hydrogens (tertiary/aromatic N) is 2. The van der Waals surface area contributed by atoms with Gasteiger partial charge in [0.15, 0.2) is 0 Å². The summed E-state index contributed by atoms with van der Waals surface area (Å²) in [5.74, 6) is 0.913. The molecule has 1 heterocycles. The Balaban J connectivity index is 2.08. The molecule has 1 saturated heterocycles. The van der Waals surface area contributed by atoms with Gasteiger partial charge in [-0.2, -0.15) is 0 Å². The van der Waals surface area contributed by atoms with E-state index in [-0.39, 0.29) is 0 Å². The molecule has 1 aliphatic heterocycles. The minimum absolute atomic E-state index is 0.807. The molecule has 1 fully saturated rings. The highest BCUT2D eigenvalue weighted by atomic mass is 15.1. The molecule has 0 aromatic rings. The number of unbranched alkanes of at least 4 members (excludes halogenated alkanes) is 2.